The van der Waals surface area contributed by atoms with Gasteiger partial charge in [0.05, 0.1) is 78.9 Å². The third-order valence-electron chi connectivity index (χ3n) is 5.88. The Morgan fingerprint density at radius 3 is 1.33 bits per heavy atom. The van der Waals surface area contributed by atoms with E-state index in [2.05, 4.69) is 6.58 Å². The molecule has 0 saturated carbocycles. The van der Waals surface area contributed by atoms with Crippen molar-refractivity contribution in [2.45, 2.75) is 83.3 Å². The van der Waals surface area contributed by atoms with Gasteiger partial charge in [0.25, 0.3) is 0 Å². The van der Waals surface area contributed by atoms with Crippen molar-refractivity contribution in [1.82, 2.24) is 0 Å². The monoisotopic (exact) mass is 696 g/mol. The maximum atomic E-state index is 11.7. The van der Waals surface area contributed by atoms with Gasteiger partial charge < -0.3 is 62.3 Å². The van der Waals surface area contributed by atoms with Crippen molar-refractivity contribution in [1.29, 1.82) is 0 Å². The number of esters is 2. The Bertz CT molecular complexity index is 832. The number of carboxylic acids is 2. The molecule has 278 valence electrons. The summed E-state index contributed by atoms with van der Waals surface area (Å²) < 4.78 is 56.5. The van der Waals surface area contributed by atoms with Crippen LogP contribution in [-0.2, 0) is 71.3 Å². The first-order chi connectivity index (χ1) is 23.1. The molecule has 0 aromatic heterocycles. The van der Waals surface area contributed by atoms with Crippen LogP contribution in [0, 0.1) is 0 Å². The van der Waals surface area contributed by atoms with Crippen molar-refractivity contribution in [3.8, 4) is 0 Å². The summed E-state index contributed by atoms with van der Waals surface area (Å²) in [6.45, 7) is 13.5. The molecule has 0 aromatic carbocycles. The molecule has 0 aromatic rings. The molecule has 17 nitrogen and oxygen atoms in total. The lowest BCUT2D eigenvalue weighted by atomic mass is 10.2. The van der Waals surface area contributed by atoms with E-state index in [1.165, 1.54) is 6.26 Å². The van der Waals surface area contributed by atoms with E-state index in [1.54, 1.807) is 13.8 Å². The molecule has 0 amide bonds. The number of ether oxygens (including phenoxy) is 11. The van der Waals surface area contributed by atoms with Crippen LogP contribution in [0.25, 0.3) is 0 Å². The van der Waals surface area contributed by atoms with Gasteiger partial charge in [-0.25, -0.2) is 0 Å². The van der Waals surface area contributed by atoms with Gasteiger partial charge in [-0.2, -0.15) is 0 Å². The number of epoxide rings is 3. The Morgan fingerprint density at radius 2 is 1.00 bits per heavy atom. The molecule has 17 heteroatoms. The van der Waals surface area contributed by atoms with Gasteiger partial charge in [-0.1, -0.05) is 6.58 Å². The first-order valence-electron chi connectivity index (χ1n) is 15.9. The molecule has 3 aliphatic heterocycles. The predicted octanol–water partition coefficient (Wildman–Crippen LogP) is 1.69. The lowest BCUT2D eigenvalue weighted by Gasteiger charge is -2.15. The fraction of sp³-hybridized carbons (Fsp3) is 0.806. The first kappa shape index (κ1) is 43.1. The van der Waals surface area contributed by atoms with Crippen molar-refractivity contribution >= 4 is 23.9 Å². The van der Waals surface area contributed by atoms with Crippen molar-refractivity contribution in [3.63, 3.8) is 0 Å². The zero-order valence-corrected chi connectivity index (χ0v) is 27.9. The molecule has 5 unspecified atom stereocenters. The molecule has 3 heterocycles. The second kappa shape index (κ2) is 28.0. The molecular formula is C31H52O17. The fourth-order valence-corrected chi connectivity index (χ4v) is 3.20. The highest BCUT2D eigenvalue weighted by Gasteiger charge is 2.23. The molecule has 0 bridgehead atoms. The van der Waals surface area contributed by atoms with Crippen LogP contribution in [0.5, 0.6) is 0 Å². The summed E-state index contributed by atoms with van der Waals surface area (Å²) in [7, 11) is 0. The van der Waals surface area contributed by atoms with Gasteiger partial charge in [0.15, 0.2) is 12.6 Å². The second-order valence-electron chi connectivity index (χ2n) is 10.5. The van der Waals surface area contributed by atoms with Crippen molar-refractivity contribution in [2.75, 3.05) is 79.3 Å². The van der Waals surface area contributed by atoms with Crippen LogP contribution >= 0.6 is 0 Å². The number of rotatable bonds is 28. The summed E-state index contributed by atoms with van der Waals surface area (Å²) in [5, 5.41) is 16.1. The molecule has 3 aliphatic rings. The van der Waals surface area contributed by atoms with Crippen LogP contribution in [0.3, 0.4) is 0 Å². The molecule has 3 rings (SSSR count). The maximum Gasteiger partial charge on any atom is 0.308 e. The minimum Gasteiger partial charge on any atom is -0.499 e. The van der Waals surface area contributed by atoms with E-state index in [0.29, 0.717) is 72.0 Å². The topological polar surface area (TPSA) is 220 Å². The van der Waals surface area contributed by atoms with Gasteiger partial charge in [0.2, 0.25) is 0 Å². The average Bonchev–Trinajstić information content (AvgIpc) is 3.86. The molecule has 48 heavy (non-hydrogen) atoms. The van der Waals surface area contributed by atoms with Crippen LogP contribution in [0.2, 0.25) is 0 Å². The van der Waals surface area contributed by atoms with E-state index in [1.807, 2.05) is 0 Å². The first-order valence-corrected chi connectivity index (χ1v) is 15.9. The molecule has 3 saturated heterocycles. The Kier molecular flexibility index (Phi) is 25.1. The second-order valence-corrected chi connectivity index (χ2v) is 10.5. The number of carboxylic acid groups (broad SMARTS) is 2. The largest absolute Gasteiger partial charge is 0.499 e. The van der Waals surface area contributed by atoms with Crippen molar-refractivity contribution in [2.24, 2.45) is 0 Å². The summed E-state index contributed by atoms with van der Waals surface area (Å²) in [5.74, 6) is -2.76. The number of aliphatic carboxylic acids is 2. The average molecular weight is 697 g/mol. The normalized spacial score (nSPS) is 19.6. The van der Waals surface area contributed by atoms with Crippen molar-refractivity contribution < 1.29 is 81.5 Å². The van der Waals surface area contributed by atoms with Crippen LogP contribution < -0.4 is 0 Å². The van der Waals surface area contributed by atoms with Crippen LogP contribution in [-0.4, -0.2) is 144 Å². The van der Waals surface area contributed by atoms with E-state index in [0.717, 1.165) is 19.8 Å². The Morgan fingerprint density at radius 1 is 0.646 bits per heavy atom. The van der Waals surface area contributed by atoms with Gasteiger partial charge in [-0.05, 0) is 26.7 Å². The smallest absolute Gasteiger partial charge is 0.308 e. The highest BCUT2D eigenvalue weighted by atomic mass is 16.7. The van der Waals surface area contributed by atoms with Crippen molar-refractivity contribution in [3.05, 3.63) is 12.8 Å². The molecule has 0 aliphatic carbocycles. The lowest BCUT2D eigenvalue weighted by molar-refractivity contribution is -0.178. The van der Waals surface area contributed by atoms with Gasteiger partial charge >= 0.3 is 23.9 Å². The number of hydrogen-bond acceptors (Lipinski definition) is 15. The van der Waals surface area contributed by atoms with Crippen LogP contribution in [0.4, 0.5) is 0 Å². The van der Waals surface area contributed by atoms with E-state index in [9.17, 15) is 19.2 Å². The molecular weight excluding hydrogens is 644 g/mol. The Hall–Kier alpha value is -2.90. The molecule has 2 N–H and O–H groups in total. The number of carbonyl (C=O) groups excluding carboxylic acids is 2. The fourth-order valence-electron chi connectivity index (χ4n) is 3.20. The standard InChI is InChI=1S/C19H32O10.C7H12O3.C5H8O4/c1-14(24-8-6-22-10-16-12-26-16)28-18(20)4-3-5-19(21)29-15(2)25-9-7-23-11-17-13-27-17;1-2-8-3-4-9-5-7-6-10-7;6-4(7)2-1-3-5(8)9/h14-17H,3-13H2,1-2H3;2,7H,1,3-6H2;1-3H2,(H,6,7)(H,8,9). The SMILES string of the molecule is C=COCCOCC1CO1.CC(OCCOCC1CO1)OC(=O)CCCC(=O)OC(C)OCCOCC1CO1.O=C(O)CCCC(=O)O. The van der Waals surface area contributed by atoms with Gasteiger partial charge in [-0.3, -0.25) is 19.2 Å². The molecule has 0 radical (unpaired) electrons. The third-order valence-corrected chi connectivity index (χ3v) is 5.88. The summed E-state index contributed by atoms with van der Waals surface area (Å²) in [6.07, 6.45) is 1.47. The zero-order chi connectivity index (χ0) is 35.4. The molecule has 0 spiro atoms. The van der Waals surface area contributed by atoms with Gasteiger partial charge in [0, 0.05) is 25.7 Å². The third kappa shape index (κ3) is 31.7. The summed E-state index contributed by atoms with van der Waals surface area (Å²) in [5.41, 5.74) is 0. The number of hydrogen-bond donors (Lipinski definition) is 2. The van der Waals surface area contributed by atoms with Gasteiger partial charge in [-0.15, -0.1) is 0 Å². The van der Waals surface area contributed by atoms with E-state index >= 15 is 0 Å². The maximum absolute atomic E-state index is 11.7. The highest BCUT2D eigenvalue weighted by molar-refractivity contribution is 5.72. The minimum absolute atomic E-state index is 0.0632. The summed E-state index contributed by atoms with van der Waals surface area (Å²) in [6, 6.07) is 0. The quantitative estimate of drug-likeness (QED) is 0.0391. The van der Waals surface area contributed by atoms with E-state index in [-0.39, 0.29) is 44.3 Å². The Balaban J connectivity index is 0.000000491. The minimum atomic E-state index is -0.948. The summed E-state index contributed by atoms with van der Waals surface area (Å²) in [4.78, 5) is 43.1. The summed E-state index contributed by atoms with van der Waals surface area (Å²) >= 11 is 0. The molecule has 5 atom stereocenters. The highest BCUT2D eigenvalue weighted by Crippen LogP contribution is 2.10. The van der Waals surface area contributed by atoms with Crippen LogP contribution in [0.15, 0.2) is 12.8 Å². The zero-order valence-electron chi connectivity index (χ0n) is 27.9. The number of carbonyl (C=O) groups is 4. The van der Waals surface area contributed by atoms with Gasteiger partial charge in [0.1, 0.15) is 24.9 Å². The van der Waals surface area contributed by atoms with E-state index in [4.69, 9.17) is 62.3 Å². The molecule has 3 fully saturated rings. The lowest BCUT2D eigenvalue weighted by Crippen LogP contribution is -2.22. The Labute approximate surface area is 280 Å². The van der Waals surface area contributed by atoms with Crippen LogP contribution in [0.1, 0.15) is 52.4 Å². The van der Waals surface area contributed by atoms with E-state index < -0.39 is 36.5 Å². The predicted molar refractivity (Wildman–Crippen MR) is 164 cm³/mol.